The minimum atomic E-state index is -0.136. The third-order valence-corrected chi connectivity index (χ3v) is 4.63. The van der Waals surface area contributed by atoms with Gasteiger partial charge < -0.3 is 10.6 Å². The first-order chi connectivity index (χ1) is 14.7. The number of carbonyl (C=O) groups excluding carboxylic acids is 2. The summed E-state index contributed by atoms with van der Waals surface area (Å²) in [5.41, 5.74) is 3.11. The van der Waals surface area contributed by atoms with Gasteiger partial charge in [0, 0.05) is 18.5 Å². The SMILES string of the molecule is O=C(CCCNC(=O)c1ccccc1)Nc1ccc(-n2cnc3ccccc32)nc1. The lowest BCUT2D eigenvalue weighted by Crippen LogP contribution is -2.25. The van der Waals surface area contributed by atoms with Crippen LogP contribution in [-0.4, -0.2) is 32.9 Å². The van der Waals surface area contributed by atoms with Gasteiger partial charge in [0.25, 0.3) is 5.91 Å². The van der Waals surface area contributed by atoms with Gasteiger partial charge in [0.15, 0.2) is 0 Å². The number of hydrogen-bond acceptors (Lipinski definition) is 4. The second kappa shape index (κ2) is 9.00. The number of nitrogens with one attached hydrogen (secondary N) is 2. The summed E-state index contributed by atoms with van der Waals surface area (Å²) in [6.07, 6.45) is 4.22. The maximum atomic E-state index is 12.1. The number of aromatic nitrogens is 3. The molecular weight excluding hydrogens is 378 g/mol. The fourth-order valence-electron chi connectivity index (χ4n) is 3.11. The summed E-state index contributed by atoms with van der Waals surface area (Å²) in [4.78, 5) is 32.9. The summed E-state index contributed by atoms with van der Waals surface area (Å²) in [5, 5.41) is 5.65. The van der Waals surface area contributed by atoms with E-state index >= 15 is 0 Å². The van der Waals surface area contributed by atoms with Gasteiger partial charge in [-0.1, -0.05) is 30.3 Å². The molecule has 0 spiro atoms. The van der Waals surface area contributed by atoms with Gasteiger partial charge >= 0.3 is 0 Å². The maximum absolute atomic E-state index is 12.1. The molecule has 150 valence electrons. The van der Waals surface area contributed by atoms with Gasteiger partial charge in [0.2, 0.25) is 5.91 Å². The van der Waals surface area contributed by atoms with Crippen molar-refractivity contribution < 1.29 is 9.59 Å². The molecule has 7 nitrogen and oxygen atoms in total. The van der Waals surface area contributed by atoms with Crippen LogP contribution in [-0.2, 0) is 4.79 Å². The summed E-state index contributed by atoms with van der Waals surface area (Å²) in [7, 11) is 0. The molecular formula is C23H21N5O2. The van der Waals surface area contributed by atoms with E-state index in [0.29, 0.717) is 30.6 Å². The molecule has 0 saturated heterocycles. The first-order valence-corrected chi connectivity index (χ1v) is 9.72. The van der Waals surface area contributed by atoms with Gasteiger partial charge in [-0.2, -0.15) is 0 Å². The van der Waals surface area contributed by atoms with Crippen LogP contribution < -0.4 is 10.6 Å². The van der Waals surface area contributed by atoms with Crippen LogP contribution in [0, 0.1) is 0 Å². The molecule has 0 aliphatic rings. The van der Waals surface area contributed by atoms with Crippen LogP contribution in [0.1, 0.15) is 23.2 Å². The molecule has 2 aromatic heterocycles. The highest BCUT2D eigenvalue weighted by Crippen LogP contribution is 2.17. The number of rotatable bonds is 7. The van der Waals surface area contributed by atoms with Crippen LogP contribution in [0.5, 0.6) is 0 Å². The first kappa shape index (κ1) is 19.3. The van der Waals surface area contributed by atoms with Crippen molar-refractivity contribution in [1.82, 2.24) is 19.9 Å². The highest BCUT2D eigenvalue weighted by molar-refractivity contribution is 5.94. The zero-order valence-corrected chi connectivity index (χ0v) is 16.3. The number of benzene rings is 2. The van der Waals surface area contributed by atoms with E-state index in [1.165, 1.54) is 0 Å². The fourth-order valence-corrected chi connectivity index (χ4v) is 3.11. The molecule has 2 amide bonds. The second-order valence-corrected chi connectivity index (χ2v) is 6.78. The molecule has 0 unspecified atom stereocenters. The van der Waals surface area contributed by atoms with Crippen LogP contribution in [0.2, 0.25) is 0 Å². The van der Waals surface area contributed by atoms with Crippen molar-refractivity contribution in [3.8, 4) is 5.82 Å². The molecule has 2 heterocycles. The van der Waals surface area contributed by atoms with Crippen LogP contribution >= 0.6 is 0 Å². The van der Waals surface area contributed by atoms with Crippen molar-refractivity contribution in [1.29, 1.82) is 0 Å². The van der Waals surface area contributed by atoms with Crippen LogP contribution in [0.3, 0.4) is 0 Å². The number of para-hydroxylation sites is 2. The van der Waals surface area contributed by atoms with Gasteiger partial charge in [0.05, 0.1) is 22.9 Å². The highest BCUT2D eigenvalue weighted by atomic mass is 16.2. The molecule has 0 fully saturated rings. The lowest BCUT2D eigenvalue weighted by atomic mass is 10.2. The minimum absolute atomic E-state index is 0.119. The van der Waals surface area contributed by atoms with Crippen LogP contribution in [0.4, 0.5) is 5.69 Å². The van der Waals surface area contributed by atoms with Crippen molar-refractivity contribution in [3.63, 3.8) is 0 Å². The lowest BCUT2D eigenvalue weighted by Gasteiger charge is -2.08. The molecule has 30 heavy (non-hydrogen) atoms. The van der Waals surface area contributed by atoms with E-state index in [1.807, 2.05) is 59.2 Å². The largest absolute Gasteiger partial charge is 0.352 e. The van der Waals surface area contributed by atoms with Crippen LogP contribution in [0.25, 0.3) is 16.9 Å². The Bertz CT molecular complexity index is 1150. The lowest BCUT2D eigenvalue weighted by molar-refractivity contribution is -0.116. The van der Waals surface area contributed by atoms with Crippen molar-refractivity contribution in [3.05, 3.63) is 84.8 Å². The molecule has 2 aromatic carbocycles. The number of fused-ring (bicyclic) bond motifs is 1. The molecule has 4 aromatic rings. The summed E-state index contributed by atoms with van der Waals surface area (Å²) >= 11 is 0. The Hall–Kier alpha value is -4.00. The van der Waals surface area contributed by atoms with Gasteiger partial charge in [-0.15, -0.1) is 0 Å². The van der Waals surface area contributed by atoms with E-state index in [9.17, 15) is 9.59 Å². The van der Waals surface area contributed by atoms with Crippen molar-refractivity contribution in [2.45, 2.75) is 12.8 Å². The monoisotopic (exact) mass is 399 g/mol. The van der Waals surface area contributed by atoms with Gasteiger partial charge in [-0.25, -0.2) is 9.97 Å². The summed E-state index contributed by atoms with van der Waals surface area (Å²) in [6.45, 7) is 0.437. The standard InChI is InChI=1S/C23H21N5O2/c29-22(11-6-14-24-23(30)17-7-2-1-3-8-17)27-18-12-13-21(25-15-18)28-16-26-19-9-4-5-10-20(19)28/h1-5,7-10,12-13,15-16H,6,11,14H2,(H,24,30)(H,27,29). The first-order valence-electron chi connectivity index (χ1n) is 9.72. The Balaban J connectivity index is 1.26. The van der Waals surface area contributed by atoms with Crippen molar-refractivity contribution in [2.75, 3.05) is 11.9 Å². The molecule has 0 bridgehead atoms. The zero-order chi connectivity index (χ0) is 20.8. The molecule has 0 aliphatic carbocycles. The quantitative estimate of drug-likeness (QED) is 0.465. The number of carbonyl (C=O) groups is 2. The van der Waals surface area contributed by atoms with Crippen molar-refractivity contribution >= 4 is 28.5 Å². The molecule has 7 heteroatoms. The molecule has 0 radical (unpaired) electrons. The maximum Gasteiger partial charge on any atom is 0.251 e. The van der Waals surface area contributed by atoms with Gasteiger partial charge in [-0.3, -0.25) is 14.2 Å². The number of amides is 2. The third kappa shape index (κ3) is 4.52. The van der Waals surface area contributed by atoms with E-state index < -0.39 is 0 Å². The highest BCUT2D eigenvalue weighted by Gasteiger charge is 2.08. The van der Waals surface area contributed by atoms with E-state index in [4.69, 9.17) is 0 Å². The number of imidazole rings is 1. The van der Waals surface area contributed by atoms with E-state index in [0.717, 1.165) is 16.9 Å². The Morgan fingerprint density at radius 3 is 2.50 bits per heavy atom. The number of nitrogens with zero attached hydrogens (tertiary/aromatic N) is 3. The summed E-state index contributed by atoms with van der Waals surface area (Å²) in [6, 6.07) is 20.5. The zero-order valence-electron chi connectivity index (χ0n) is 16.3. The van der Waals surface area contributed by atoms with E-state index in [-0.39, 0.29) is 11.8 Å². The minimum Gasteiger partial charge on any atom is -0.352 e. The third-order valence-electron chi connectivity index (χ3n) is 4.63. The van der Waals surface area contributed by atoms with Crippen molar-refractivity contribution in [2.24, 2.45) is 0 Å². The number of hydrogen-bond donors (Lipinski definition) is 2. The summed E-state index contributed by atoms with van der Waals surface area (Å²) < 4.78 is 1.90. The Kier molecular flexibility index (Phi) is 5.80. The van der Waals surface area contributed by atoms with Gasteiger partial charge in [-0.05, 0) is 42.8 Å². The Morgan fingerprint density at radius 1 is 0.900 bits per heavy atom. The smallest absolute Gasteiger partial charge is 0.251 e. The Morgan fingerprint density at radius 2 is 1.70 bits per heavy atom. The van der Waals surface area contributed by atoms with Crippen LogP contribution in [0.15, 0.2) is 79.3 Å². The number of pyridine rings is 1. The van der Waals surface area contributed by atoms with E-state index in [2.05, 4.69) is 20.6 Å². The average molecular weight is 399 g/mol. The van der Waals surface area contributed by atoms with Gasteiger partial charge in [0.1, 0.15) is 12.1 Å². The molecule has 0 aliphatic heterocycles. The summed E-state index contributed by atoms with van der Waals surface area (Å²) in [5.74, 6) is 0.472. The topological polar surface area (TPSA) is 88.9 Å². The number of anilines is 1. The molecule has 2 N–H and O–H groups in total. The fraction of sp³-hybridized carbons (Fsp3) is 0.130. The predicted molar refractivity (Wildman–Crippen MR) is 116 cm³/mol. The molecule has 0 atom stereocenters. The average Bonchev–Trinajstić information content (AvgIpc) is 3.22. The predicted octanol–water partition coefficient (Wildman–Crippen LogP) is 3.57. The van der Waals surface area contributed by atoms with E-state index in [1.54, 1.807) is 24.7 Å². The Labute approximate surface area is 173 Å². The normalized spacial score (nSPS) is 10.7. The second-order valence-electron chi connectivity index (χ2n) is 6.78. The molecule has 4 rings (SSSR count). The molecule has 0 saturated carbocycles.